The van der Waals surface area contributed by atoms with Crippen LogP contribution in [0.2, 0.25) is 0 Å². The van der Waals surface area contributed by atoms with Gasteiger partial charge >= 0.3 is 0 Å². The van der Waals surface area contributed by atoms with Crippen molar-refractivity contribution in [2.45, 2.75) is 76.8 Å². The van der Waals surface area contributed by atoms with Crippen LogP contribution in [0.5, 0.6) is 0 Å². The van der Waals surface area contributed by atoms with Gasteiger partial charge < -0.3 is 14.2 Å². The minimum Gasteiger partial charge on any atom is -0.379 e. The van der Waals surface area contributed by atoms with Crippen LogP contribution in [0, 0.1) is 0 Å². The molecule has 0 aromatic carbocycles. The number of thiophene rings is 1. The summed E-state index contributed by atoms with van der Waals surface area (Å²) < 4.78 is 8.01. The average Bonchev–Trinajstić information content (AvgIpc) is 3.55. The van der Waals surface area contributed by atoms with Gasteiger partial charge in [-0.3, -0.25) is 4.90 Å². The fourth-order valence-corrected chi connectivity index (χ4v) is 7.74. The van der Waals surface area contributed by atoms with Crippen LogP contribution in [-0.2, 0) is 37.1 Å². The van der Waals surface area contributed by atoms with Gasteiger partial charge in [0.05, 0.1) is 25.1 Å². The first-order valence-corrected chi connectivity index (χ1v) is 14.4. The summed E-state index contributed by atoms with van der Waals surface area (Å²) in [4.78, 5) is 18.1. The zero-order chi connectivity index (χ0) is 23.2. The van der Waals surface area contributed by atoms with Gasteiger partial charge in [-0.25, -0.2) is 9.97 Å². The Bertz CT molecular complexity index is 1210. The number of ether oxygens (including phenoxy) is 1. The third kappa shape index (κ3) is 4.15. The Hall–Kier alpha value is -2.10. The Morgan fingerprint density at radius 3 is 2.77 bits per heavy atom. The molecule has 1 atom stereocenters. The molecule has 1 aliphatic carbocycles. The minimum atomic E-state index is 0.419. The Morgan fingerprint density at radius 2 is 1.83 bits per heavy atom. The highest BCUT2D eigenvalue weighted by Gasteiger charge is 2.31. The number of morpholine rings is 1. The Morgan fingerprint density at radius 1 is 0.886 bits per heavy atom. The standard InChI is InChI=1S/C26H35N7OS/c1-2-9-22-29-30-24(33(22)11-3-1)18-6-5-10-32(16-18)25-23-19-7-4-8-20(19)35-26(23)28-21(27-25)17-31-12-14-34-15-13-31/h18H,1-17H2. The van der Waals surface area contributed by atoms with E-state index in [0.29, 0.717) is 5.92 Å². The highest BCUT2D eigenvalue weighted by Crippen LogP contribution is 2.42. The zero-order valence-electron chi connectivity index (χ0n) is 20.5. The molecule has 3 aliphatic heterocycles. The molecular weight excluding hydrogens is 458 g/mol. The van der Waals surface area contributed by atoms with Gasteiger partial charge in [-0.05, 0) is 50.5 Å². The SMILES string of the molecule is C1CCc2nnc(C3CCCN(c4nc(CN5CCOCC5)nc5sc6c(c45)CCC6)C3)n2CC1. The van der Waals surface area contributed by atoms with Gasteiger partial charge in [0.25, 0.3) is 0 Å². The second-order valence-corrected chi connectivity index (χ2v) is 11.7. The number of fused-ring (bicyclic) bond motifs is 4. The van der Waals surface area contributed by atoms with E-state index in [1.54, 1.807) is 0 Å². The molecule has 2 saturated heterocycles. The summed E-state index contributed by atoms with van der Waals surface area (Å²) in [6.07, 6.45) is 10.8. The van der Waals surface area contributed by atoms with Gasteiger partial charge in [-0.1, -0.05) is 6.42 Å². The summed E-state index contributed by atoms with van der Waals surface area (Å²) in [5.74, 6) is 4.97. The summed E-state index contributed by atoms with van der Waals surface area (Å²) in [5.41, 5.74) is 1.52. The van der Waals surface area contributed by atoms with Crippen LogP contribution >= 0.6 is 11.3 Å². The number of hydrogen-bond acceptors (Lipinski definition) is 8. The van der Waals surface area contributed by atoms with Crippen LogP contribution in [0.25, 0.3) is 10.2 Å². The number of aromatic nitrogens is 5. The second-order valence-electron chi connectivity index (χ2n) is 10.6. The number of aryl methyl sites for hydroxylation is 3. The lowest BCUT2D eigenvalue weighted by Crippen LogP contribution is -2.37. The van der Waals surface area contributed by atoms with Gasteiger partial charge in [0.1, 0.15) is 28.1 Å². The van der Waals surface area contributed by atoms with Crippen LogP contribution in [0.1, 0.15) is 72.4 Å². The first kappa shape index (κ1) is 22.1. The van der Waals surface area contributed by atoms with Crippen molar-refractivity contribution in [2.75, 3.05) is 44.3 Å². The van der Waals surface area contributed by atoms with E-state index < -0.39 is 0 Å². The van der Waals surface area contributed by atoms with E-state index in [0.717, 1.165) is 64.7 Å². The van der Waals surface area contributed by atoms with Gasteiger partial charge in [0, 0.05) is 49.9 Å². The van der Waals surface area contributed by atoms with Gasteiger partial charge in [0.15, 0.2) is 0 Å². The molecule has 0 saturated carbocycles. The number of piperidine rings is 1. The fraction of sp³-hybridized carbons (Fsp3) is 0.692. The van der Waals surface area contributed by atoms with Crippen LogP contribution < -0.4 is 4.90 Å². The van der Waals surface area contributed by atoms with E-state index in [9.17, 15) is 0 Å². The summed E-state index contributed by atoms with van der Waals surface area (Å²) in [5, 5.41) is 10.7. The molecule has 0 spiro atoms. The maximum Gasteiger partial charge on any atom is 0.146 e. The molecule has 0 amide bonds. The molecule has 6 heterocycles. The van der Waals surface area contributed by atoms with E-state index >= 15 is 0 Å². The smallest absolute Gasteiger partial charge is 0.146 e. The molecule has 3 aromatic rings. The monoisotopic (exact) mass is 493 g/mol. The number of hydrogen-bond donors (Lipinski definition) is 0. The summed E-state index contributed by atoms with van der Waals surface area (Å²) in [6, 6.07) is 0. The molecule has 1 unspecified atom stereocenters. The molecule has 9 heteroatoms. The van der Waals surface area contributed by atoms with Gasteiger partial charge in [-0.15, -0.1) is 21.5 Å². The first-order chi connectivity index (χ1) is 17.3. The number of rotatable bonds is 4. The van der Waals surface area contributed by atoms with Crippen molar-refractivity contribution in [3.8, 4) is 0 Å². The van der Waals surface area contributed by atoms with E-state index in [-0.39, 0.29) is 0 Å². The van der Waals surface area contributed by atoms with Crippen molar-refractivity contribution in [3.05, 3.63) is 27.9 Å². The summed E-state index contributed by atoms with van der Waals surface area (Å²) in [6.45, 7) is 7.45. The van der Waals surface area contributed by atoms with E-state index in [2.05, 4.69) is 19.5 Å². The fourth-order valence-electron chi connectivity index (χ4n) is 6.47. The largest absolute Gasteiger partial charge is 0.379 e. The quantitative estimate of drug-likeness (QED) is 0.549. The van der Waals surface area contributed by atoms with Gasteiger partial charge in [-0.2, -0.15) is 0 Å². The molecule has 8 nitrogen and oxygen atoms in total. The van der Waals surface area contributed by atoms with Crippen molar-refractivity contribution in [1.29, 1.82) is 0 Å². The molecule has 4 aliphatic rings. The van der Waals surface area contributed by atoms with Crippen LogP contribution in [0.15, 0.2) is 0 Å². The molecule has 186 valence electrons. The van der Waals surface area contributed by atoms with Crippen molar-refractivity contribution in [3.63, 3.8) is 0 Å². The van der Waals surface area contributed by atoms with Crippen molar-refractivity contribution < 1.29 is 4.74 Å². The Balaban J connectivity index is 1.23. The van der Waals surface area contributed by atoms with Crippen molar-refractivity contribution in [2.24, 2.45) is 0 Å². The predicted molar refractivity (Wildman–Crippen MR) is 137 cm³/mol. The zero-order valence-corrected chi connectivity index (χ0v) is 21.4. The predicted octanol–water partition coefficient (Wildman–Crippen LogP) is 3.71. The third-order valence-electron chi connectivity index (χ3n) is 8.28. The van der Waals surface area contributed by atoms with Crippen molar-refractivity contribution in [1.82, 2.24) is 29.6 Å². The molecule has 3 aromatic heterocycles. The van der Waals surface area contributed by atoms with Crippen LogP contribution in [0.4, 0.5) is 5.82 Å². The van der Waals surface area contributed by atoms with Crippen molar-refractivity contribution >= 4 is 27.4 Å². The molecule has 2 fully saturated rings. The Labute approximate surface area is 210 Å². The van der Waals surface area contributed by atoms with E-state index in [1.165, 1.54) is 89.5 Å². The molecular formula is C26H35N7OS. The lowest BCUT2D eigenvalue weighted by molar-refractivity contribution is 0.0331. The minimum absolute atomic E-state index is 0.419. The normalized spacial score (nSPS) is 23.4. The first-order valence-electron chi connectivity index (χ1n) is 13.6. The van der Waals surface area contributed by atoms with Crippen LogP contribution in [0.3, 0.4) is 0 Å². The maximum atomic E-state index is 5.56. The third-order valence-corrected chi connectivity index (χ3v) is 9.47. The summed E-state index contributed by atoms with van der Waals surface area (Å²) in [7, 11) is 0. The molecule has 0 N–H and O–H groups in total. The molecule has 7 rings (SSSR count). The maximum absolute atomic E-state index is 5.56. The molecule has 35 heavy (non-hydrogen) atoms. The molecule has 0 bridgehead atoms. The highest BCUT2D eigenvalue weighted by molar-refractivity contribution is 7.19. The number of anilines is 1. The van der Waals surface area contributed by atoms with E-state index in [4.69, 9.17) is 19.8 Å². The second kappa shape index (κ2) is 9.41. The lowest BCUT2D eigenvalue weighted by atomic mass is 9.96. The molecule has 0 radical (unpaired) electrons. The lowest BCUT2D eigenvalue weighted by Gasteiger charge is -2.34. The topological polar surface area (TPSA) is 72.2 Å². The summed E-state index contributed by atoms with van der Waals surface area (Å²) >= 11 is 1.91. The highest BCUT2D eigenvalue weighted by atomic mass is 32.1. The van der Waals surface area contributed by atoms with Gasteiger partial charge in [0.2, 0.25) is 0 Å². The van der Waals surface area contributed by atoms with E-state index in [1.807, 2.05) is 11.3 Å². The van der Waals surface area contributed by atoms with Crippen LogP contribution in [-0.4, -0.2) is 69.0 Å². The number of nitrogens with zero attached hydrogens (tertiary/aromatic N) is 7. The Kier molecular flexibility index (Phi) is 5.95. The average molecular weight is 494 g/mol.